The van der Waals surface area contributed by atoms with E-state index in [4.69, 9.17) is 0 Å². The molecule has 3 heteroatoms. The molecule has 1 amide bonds. The van der Waals surface area contributed by atoms with Gasteiger partial charge in [0.05, 0.1) is 6.54 Å². The minimum atomic E-state index is 0.161. The summed E-state index contributed by atoms with van der Waals surface area (Å²) < 4.78 is 0. The van der Waals surface area contributed by atoms with Crippen molar-refractivity contribution in [2.24, 2.45) is 0 Å². The molecule has 3 rings (SSSR count). The van der Waals surface area contributed by atoms with Crippen molar-refractivity contribution in [2.45, 2.75) is 51.1 Å². The number of anilines is 1. The normalized spacial score (nSPS) is 16.4. The third-order valence-electron chi connectivity index (χ3n) is 5.10. The highest BCUT2D eigenvalue weighted by molar-refractivity contribution is 5.95. The number of carbonyl (C=O) groups is 1. The van der Waals surface area contributed by atoms with Crippen molar-refractivity contribution in [2.75, 3.05) is 11.4 Å². The number of nitrogens with one attached hydrogen (secondary N) is 1. The van der Waals surface area contributed by atoms with Gasteiger partial charge in [0.15, 0.2) is 0 Å². The molecule has 25 heavy (non-hydrogen) atoms. The topological polar surface area (TPSA) is 32.3 Å². The minimum Gasteiger partial charge on any atom is -0.308 e. The highest BCUT2D eigenvalue weighted by atomic mass is 16.2. The van der Waals surface area contributed by atoms with Gasteiger partial charge < -0.3 is 10.2 Å². The average molecular weight is 336 g/mol. The molecule has 0 aromatic heterocycles. The Morgan fingerprint density at radius 2 is 1.60 bits per heavy atom. The first kappa shape index (κ1) is 17.7. The van der Waals surface area contributed by atoms with E-state index in [-0.39, 0.29) is 11.9 Å². The molecular weight excluding hydrogens is 308 g/mol. The summed E-state index contributed by atoms with van der Waals surface area (Å²) in [5.74, 6) is 0.167. The summed E-state index contributed by atoms with van der Waals surface area (Å²) in [5, 5.41) is 3.40. The number of rotatable bonds is 6. The Morgan fingerprint density at radius 3 is 2.24 bits per heavy atom. The van der Waals surface area contributed by atoms with Gasteiger partial charge in [-0.25, -0.2) is 0 Å². The van der Waals surface area contributed by atoms with Crippen LogP contribution in [0.15, 0.2) is 60.7 Å². The second kappa shape index (κ2) is 8.82. The first-order valence-electron chi connectivity index (χ1n) is 9.41. The summed E-state index contributed by atoms with van der Waals surface area (Å²) >= 11 is 0. The summed E-state index contributed by atoms with van der Waals surface area (Å²) in [6.07, 6.45) is 5.94. The van der Waals surface area contributed by atoms with Crippen LogP contribution in [-0.4, -0.2) is 18.5 Å². The Labute approximate surface area is 151 Å². The second-order valence-electron chi connectivity index (χ2n) is 6.90. The molecule has 0 aliphatic heterocycles. The number of amides is 1. The largest absolute Gasteiger partial charge is 0.308 e. The standard InChI is InChI=1S/C22H28N2O/c1-18(19-11-5-2-6-12-19)23-17-22(25)24(20-13-7-3-8-14-20)21-15-9-4-10-16-21/h2-3,5-8,11-14,18,21,23H,4,9-10,15-17H2,1H3. The van der Waals surface area contributed by atoms with E-state index in [1.54, 1.807) is 0 Å². The van der Waals surface area contributed by atoms with Gasteiger partial charge in [-0.15, -0.1) is 0 Å². The molecule has 0 heterocycles. The van der Waals surface area contributed by atoms with Crippen molar-refractivity contribution >= 4 is 11.6 Å². The van der Waals surface area contributed by atoms with Crippen molar-refractivity contribution in [3.63, 3.8) is 0 Å². The molecule has 2 aromatic rings. The van der Waals surface area contributed by atoms with Crippen molar-refractivity contribution < 1.29 is 4.79 Å². The van der Waals surface area contributed by atoms with Crippen LogP contribution >= 0.6 is 0 Å². The summed E-state index contributed by atoms with van der Waals surface area (Å²) in [5.41, 5.74) is 2.23. The lowest BCUT2D eigenvalue weighted by molar-refractivity contribution is -0.118. The fourth-order valence-corrected chi connectivity index (χ4v) is 3.67. The number of carbonyl (C=O) groups excluding carboxylic acids is 1. The lowest BCUT2D eigenvalue weighted by Crippen LogP contribution is -2.46. The van der Waals surface area contributed by atoms with Crippen LogP contribution in [-0.2, 0) is 4.79 Å². The van der Waals surface area contributed by atoms with Crippen LogP contribution in [0.25, 0.3) is 0 Å². The van der Waals surface area contributed by atoms with Crippen LogP contribution in [0, 0.1) is 0 Å². The molecule has 0 spiro atoms. The van der Waals surface area contributed by atoms with E-state index >= 15 is 0 Å². The summed E-state index contributed by atoms with van der Waals surface area (Å²) in [4.78, 5) is 15.1. The maximum absolute atomic E-state index is 13.0. The second-order valence-corrected chi connectivity index (χ2v) is 6.90. The van der Waals surface area contributed by atoms with Gasteiger partial charge in [0.1, 0.15) is 0 Å². The predicted octanol–water partition coefficient (Wildman–Crippen LogP) is 4.70. The van der Waals surface area contributed by atoms with Crippen molar-refractivity contribution in [1.82, 2.24) is 5.32 Å². The quantitative estimate of drug-likeness (QED) is 0.829. The van der Waals surface area contributed by atoms with Gasteiger partial charge in [0, 0.05) is 17.8 Å². The molecule has 0 saturated heterocycles. The molecule has 3 nitrogen and oxygen atoms in total. The molecule has 2 aromatic carbocycles. The molecule has 0 bridgehead atoms. The Kier molecular flexibility index (Phi) is 6.24. The molecule has 1 saturated carbocycles. The van der Waals surface area contributed by atoms with Crippen LogP contribution in [0.2, 0.25) is 0 Å². The highest BCUT2D eigenvalue weighted by Crippen LogP contribution is 2.27. The fourth-order valence-electron chi connectivity index (χ4n) is 3.67. The van der Waals surface area contributed by atoms with Crippen molar-refractivity contribution in [3.05, 3.63) is 66.2 Å². The molecule has 1 N–H and O–H groups in total. The smallest absolute Gasteiger partial charge is 0.241 e. The number of hydrogen-bond donors (Lipinski definition) is 1. The van der Waals surface area contributed by atoms with Gasteiger partial charge in [-0.05, 0) is 37.5 Å². The zero-order valence-corrected chi connectivity index (χ0v) is 15.0. The van der Waals surface area contributed by atoms with E-state index in [1.807, 2.05) is 53.4 Å². The number of para-hydroxylation sites is 1. The zero-order chi connectivity index (χ0) is 17.5. The zero-order valence-electron chi connectivity index (χ0n) is 15.0. The van der Waals surface area contributed by atoms with E-state index in [0.29, 0.717) is 12.6 Å². The Bertz CT molecular complexity index is 650. The van der Waals surface area contributed by atoms with E-state index < -0.39 is 0 Å². The Balaban J connectivity index is 1.68. The number of hydrogen-bond acceptors (Lipinski definition) is 2. The van der Waals surface area contributed by atoms with Gasteiger partial charge in [0.25, 0.3) is 0 Å². The van der Waals surface area contributed by atoms with Gasteiger partial charge in [-0.3, -0.25) is 4.79 Å². The van der Waals surface area contributed by atoms with Gasteiger partial charge in [-0.1, -0.05) is 67.8 Å². The maximum atomic E-state index is 13.0. The van der Waals surface area contributed by atoms with Gasteiger partial charge in [0.2, 0.25) is 5.91 Å². The van der Waals surface area contributed by atoms with E-state index in [1.165, 1.54) is 24.8 Å². The monoisotopic (exact) mass is 336 g/mol. The van der Waals surface area contributed by atoms with Crippen LogP contribution in [0.5, 0.6) is 0 Å². The lowest BCUT2D eigenvalue weighted by atomic mass is 9.93. The lowest BCUT2D eigenvalue weighted by Gasteiger charge is -2.35. The Hall–Kier alpha value is -2.13. The fraction of sp³-hybridized carbons (Fsp3) is 0.409. The number of nitrogens with zero attached hydrogens (tertiary/aromatic N) is 1. The summed E-state index contributed by atoms with van der Waals surface area (Å²) in [6, 6.07) is 20.9. The van der Waals surface area contributed by atoms with E-state index in [9.17, 15) is 4.79 Å². The molecule has 1 unspecified atom stereocenters. The number of benzene rings is 2. The van der Waals surface area contributed by atoms with Crippen LogP contribution in [0.1, 0.15) is 50.6 Å². The van der Waals surface area contributed by atoms with Crippen LogP contribution in [0.3, 0.4) is 0 Å². The first-order valence-corrected chi connectivity index (χ1v) is 9.41. The van der Waals surface area contributed by atoms with Crippen molar-refractivity contribution in [1.29, 1.82) is 0 Å². The van der Waals surface area contributed by atoms with Crippen LogP contribution in [0.4, 0.5) is 5.69 Å². The van der Waals surface area contributed by atoms with Gasteiger partial charge >= 0.3 is 0 Å². The predicted molar refractivity (Wildman–Crippen MR) is 104 cm³/mol. The van der Waals surface area contributed by atoms with Gasteiger partial charge in [-0.2, -0.15) is 0 Å². The molecule has 1 atom stereocenters. The summed E-state index contributed by atoms with van der Waals surface area (Å²) in [6.45, 7) is 2.47. The highest BCUT2D eigenvalue weighted by Gasteiger charge is 2.26. The molecule has 132 valence electrons. The first-order chi connectivity index (χ1) is 12.3. The van der Waals surface area contributed by atoms with Crippen LogP contribution < -0.4 is 10.2 Å². The Morgan fingerprint density at radius 1 is 1.00 bits per heavy atom. The SMILES string of the molecule is CC(NCC(=O)N(c1ccccc1)C1CCCCC1)c1ccccc1. The molecule has 1 aliphatic rings. The van der Waals surface area contributed by atoms with Crippen molar-refractivity contribution in [3.8, 4) is 0 Å². The maximum Gasteiger partial charge on any atom is 0.241 e. The summed E-state index contributed by atoms with van der Waals surface area (Å²) in [7, 11) is 0. The van der Waals surface area contributed by atoms with E-state index in [2.05, 4.69) is 24.4 Å². The molecule has 1 fully saturated rings. The average Bonchev–Trinajstić information content (AvgIpc) is 2.69. The van der Waals surface area contributed by atoms with E-state index in [0.717, 1.165) is 18.5 Å². The third kappa shape index (κ3) is 4.70. The molecular formula is C22H28N2O. The molecule has 1 aliphatic carbocycles. The molecule has 0 radical (unpaired) electrons. The third-order valence-corrected chi connectivity index (χ3v) is 5.10. The minimum absolute atomic E-state index is 0.161.